The lowest BCUT2D eigenvalue weighted by Crippen LogP contribution is -2.48. The molecular formula is C17H22O3. The van der Waals surface area contributed by atoms with Crippen molar-refractivity contribution in [3.05, 3.63) is 48.0 Å². The molecule has 0 aromatic heterocycles. The Morgan fingerprint density at radius 3 is 2.75 bits per heavy atom. The molecule has 0 aliphatic heterocycles. The number of hydrogen-bond donors (Lipinski definition) is 1. The topological polar surface area (TPSA) is 38.7 Å². The third-order valence-electron chi connectivity index (χ3n) is 4.83. The van der Waals surface area contributed by atoms with Crippen molar-refractivity contribution in [1.29, 1.82) is 0 Å². The van der Waals surface area contributed by atoms with E-state index in [0.29, 0.717) is 18.4 Å². The van der Waals surface area contributed by atoms with Crippen LogP contribution in [0.4, 0.5) is 0 Å². The van der Waals surface area contributed by atoms with Gasteiger partial charge in [-0.25, -0.2) is 4.89 Å². The molecule has 3 heteroatoms. The summed E-state index contributed by atoms with van der Waals surface area (Å²) in [4.78, 5) is 4.89. The van der Waals surface area contributed by atoms with Crippen molar-refractivity contribution in [2.45, 2.75) is 37.9 Å². The van der Waals surface area contributed by atoms with Gasteiger partial charge in [0.1, 0.15) is 11.7 Å². The highest BCUT2D eigenvalue weighted by atomic mass is 17.1. The highest BCUT2D eigenvalue weighted by molar-refractivity contribution is 5.30. The first kappa shape index (κ1) is 13.8. The Labute approximate surface area is 120 Å². The maximum atomic E-state index is 9.45. The van der Waals surface area contributed by atoms with E-state index < -0.39 is 5.60 Å². The maximum Gasteiger partial charge on any atom is 0.129 e. The molecule has 1 aromatic carbocycles. The van der Waals surface area contributed by atoms with E-state index in [1.165, 1.54) is 0 Å². The van der Waals surface area contributed by atoms with Crippen LogP contribution < -0.4 is 0 Å². The quantitative estimate of drug-likeness (QED) is 0.505. The molecule has 108 valence electrons. The van der Waals surface area contributed by atoms with Gasteiger partial charge in [-0.1, -0.05) is 42.5 Å². The van der Waals surface area contributed by atoms with Crippen LogP contribution in [-0.2, 0) is 15.2 Å². The summed E-state index contributed by atoms with van der Waals surface area (Å²) in [7, 11) is 0. The minimum atomic E-state index is -0.530. The lowest BCUT2D eigenvalue weighted by atomic mass is 9.76. The lowest BCUT2D eigenvalue weighted by Gasteiger charge is -2.42. The Bertz CT molecular complexity index is 484. The molecule has 3 rings (SSSR count). The van der Waals surface area contributed by atoms with Gasteiger partial charge in [0.05, 0.1) is 6.61 Å². The summed E-state index contributed by atoms with van der Waals surface area (Å²) < 4.78 is 6.29. The minimum absolute atomic E-state index is 0.275. The van der Waals surface area contributed by atoms with Crippen LogP contribution in [0.15, 0.2) is 42.5 Å². The molecule has 4 atom stereocenters. The molecule has 0 amide bonds. The van der Waals surface area contributed by atoms with E-state index in [0.717, 1.165) is 30.4 Å². The molecular weight excluding hydrogens is 252 g/mol. The first-order valence-electron chi connectivity index (χ1n) is 7.32. The Balaban J connectivity index is 2.01. The Hall–Kier alpha value is -1.16. The van der Waals surface area contributed by atoms with Crippen molar-refractivity contribution in [3.8, 4) is 0 Å². The molecule has 1 aromatic rings. The Kier molecular flexibility index (Phi) is 3.67. The zero-order chi connectivity index (χ0) is 14.2. The van der Waals surface area contributed by atoms with E-state index in [9.17, 15) is 5.26 Å². The molecule has 0 saturated heterocycles. The van der Waals surface area contributed by atoms with Crippen LogP contribution >= 0.6 is 0 Å². The van der Waals surface area contributed by atoms with E-state index >= 15 is 0 Å². The molecule has 0 radical (unpaired) electrons. The molecule has 2 saturated carbocycles. The predicted molar refractivity (Wildman–Crippen MR) is 77.2 cm³/mol. The fraction of sp³-hybridized carbons (Fsp3) is 0.529. The Morgan fingerprint density at radius 2 is 2.10 bits per heavy atom. The summed E-state index contributed by atoms with van der Waals surface area (Å²) in [5.74, 6) is 0.793. The number of ether oxygens (including phenoxy) is 1. The normalized spacial score (nSPS) is 35.4. The van der Waals surface area contributed by atoms with Gasteiger partial charge in [-0.2, -0.15) is 0 Å². The van der Waals surface area contributed by atoms with Gasteiger partial charge in [-0.3, -0.25) is 5.26 Å². The smallest absolute Gasteiger partial charge is 0.129 e. The van der Waals surface area contributed by atoms with Crippen LogP contribution in [-0.4, -0.2) is 18.0 Å². The summed E-state index contributed by atoms with van der Waals surface area (Å²) in [5.41, 5.74) is 1.56. The molecule has 0 heterocycles. The zero-order valence-corrected chi connectivity index (χ0v) is 11.9. The first-order valence-corrected chi connectivity index (χ1v) is 7.32. The van der Waals surface area contributed by atoms with E-state index in [4.69, 9.17) is 9.62 Å². The zero-order valence-electron chi connectivity index (χ0n) is 11.9. The monoisotopic (exact) mass is 274 g/mol. The minimum Gasteiger partial charge on any atom is -0.363 e. The van der Waals surface area contributed by atoms with Gasteiger partial charge in [0.2, 0.25) is 0 Å². The summed E-state index contributed by atoms with van der Waals surface area (Å²) in [6.07, 6.45) is 3.04. The second kappa shape index (κ2) is 5.32. The van der Waals surface area contributed by atoms with E-state index in [1.807, 2.05) is 25.1 Å². The second-order valence-corrected chi connectivity index (χ2v) is 6.20. The highest BCUT2D eigenvalue weighted by Crippen LogP contribution is 2.58. The summed E-state index contributed by atoms with van der Waals surface area (Å²) >= 11 is 0. The number of rotatable bonds is 5. The predicted octanol–water partition coefficient (Wildman–Crippen LogP) is 3.76. The van der Waals surface area contributed by atoms with E-state index in [2.05, 4.69) is 18.7 Å². The average molecular weight is 274 g/mol. The van der Waals surface area contributed by atoms with Crippen molar-refractivity contribution < 1.29 is 14.9 Å². The van der Waals surface area contributed by atoms with Crippen molar-refractivity contribution in [2.24, 2.45) is 11.8 Å². The molecule has 2 bridgehead atoms. The van der Waals surface area contributed by atoms with Crippen LogP contribution in [0.25, 0.3) is 0 Å². The van der Waals surface area contributed by atoms with Crippen LogP contribution in [0.1, 0.15) is 31.7 Å². The first-order chi connectivity index (χ1) is 9.68. The van der Waals surface area contributed by atoms with Crippen LogP contribution in [0.5, 0.6) is 0 Å². The van der Waals surface area contributed by atoms with Gasteiger partial charge < -0.3 is 4.74 Å². The lowest BCUT2D eigenvalue weighted by molar-refractivity contribution is -0.333. The van der Waals surface area contributed by atoms with E-state index in [1.54, 1.807) is 0 Å². The third-order valence-corrected chi connectivity index (χ3v) is 4.83. The summed E-state index contributed by atoms with van der Waals surface area (Å²) in [6, 6.07) is 10.2. The molecule has 2 aliphatic carbocycles. The van der Waals surface area contributed by atoms with Gasteiger partial charge in [0.15, 0.2) is 0 Å². The third kappa shape index (κ3) is 2.01. The molecule has 20 heavy (non-hydrogen) atoms. The van der Waals surface area contributed by atoms with Crippen LogP contribution in [0.3, 0.4) is 0 Å². The standard InChI is InChI=1S/C17H22O3/c1-12(2)11-19-17(14-6-4-3-5-7-14)15-9-8-13(10-15)16(17)20-18/h3-7,13,15-16,18H,1,8-11H2,2H3/t13-,15+,16+,17-/m0/s1. The molecule has 1 N–H and O–H groups in total. The van der Waals surface area contributed by atoms with Gasteiger partial charge >= 0.3 is 0 Å². The van der Waals surface area contributed by atoms with Gasteiger partial charge in [-0.05, 0) is 43.6 Å². The van der Waals surface area contributed by atoms with Crippen LogP contribution in [0.2, 0.25) is 0 Å². The van der Waals surface area contributed by atoms with Gasteiger partial charge in [-0.15, -0.1) is 0 Å². The fourth-order valence-electron chi connectivity index (χ4n) is 4.05. The number of benzene rings is 1. The SMILES string of the molecule is C=C(C)CO[C@@]1(c2ccccc2)[C@@H]2CC[C@@H](C2)[C@H]1OO. The van der Waals surface area contributed by atoms with Crippen molar-refractivity contribution in [2.75, 3.05) is 6.61 Å². The molecule has 2 fully saturated rings. The number of fused-ring (bicyclic) bond motifs is 2. The highest BCUT2D eigenvalue weighted by Gasteiger charge is 2.61. The molecule has 3 nitrogen and oxygen atoms in total. The van der Waals surface area contributed by atoms with Crippen molar-refractivity contribution in [3.63, 3.8) is 0 Å². The molecule has 2 aliphatic rings. The fourth-order valence-corrected chi connectivity index (χ4v) is 4.05. The van der Waals surface area contributed by atoms with Crippen molar-refractivity contribution >= 4 is 0 Å². The largest absolute Gasteiger partial charge is 0.363 e. The van der Waals surface area contributed by atoms with Crippen molar-refractivity contribution in [1.82, 2.24) is 0 Å². The molecule has 0 unspecified atom stereocenters. The Morgan fingerprint density at radius 1 is 1.35 bits per heavy atom. The molecule has 0 spiro atoms. The second-order valence-electron chi connectivity index (χ2n) is 6.20. The van der Waals surface area contributed by atoms with E-state index in [-0.39, 0.29) is 6.10 Å². The van der Waals surface area contributed by atoms with Gasteiger partial charge in [0, 0.05) is 0 Å². The summed E-state index contributed by atoms with van der Waals surface area (Å²) in [6.45, 7) is 6.38. The average Bonchev–Trinajstić information content (AvgIpc) is 3.05. The van der Waals surface area contributed by atoms with Gasteiger partial charge in [0.25, 0.3) is 0 Å². The maximum absolute atomic E-state index is 9.45. The number of hydrogen-bond acceptors (Lipinski definition) is 3. The summed E-state index contributed by atoms with van der Waals surface area (Å²) in [5, 5.41) is 9.45. The van der Waals surface area contributed by atoms with Crippen LogP contribution in [0, 0.1) is 11.8 Å².